The largest absolute Gasteiger partial charge is 0.466 e. The summed E-state index contributed by atoms with van der Waals surface area (Å²) in [5, 5.41) is 0. The van der Waals surface area contributed by atoms with Crippen molar-refractivity contribution in [3.05, 3.63) is 35.4 Å². The first-order chi connectivity index (χ1) is 7.83. The van der Waals surface area contributed by atoms with Gasteiger partial charge in [0.1, 0.15) is 0 Å². The number of hydrogen-bond donors (Lipinski definition) is 0. The zero-order chi connectivity index (χ0) is 11.1. The third-order valence-electron chi connectivity index (χ3n) is 3.89. The highest BCUT2D eigenvalue weighted by molar-refractivity contribution is 5.78. The van der Waals surface area contributed by atoms with E-state index in [1.807, 2.05) is 6.92 Å². The van der Waals surface area contributed by atoms with E-state index in [-0.39, 0.29) is 11.9 Å². The van der Waals surface area contributed by atoms with E-state index < -0.39 is 0 Å². The van der Waals surface area contributed by atoms with Gasteiger partial charge in [0.2, 0.25) is 0 Å². The minimum Gasteiger partial charge on any atom is -0.466 e. The van der Waals surface area contributed by atoms with Crippen molar-refractivity contribution >= 4 is 5.97 Å². The van der Waals surface area contributed by atoms with E-state index in [1.165, 1.54) is 11.1 Å². The second kappa shape index (κ2) is 3.62. The van der Waals surface area contributed by atoms with E-state index in [9.17, 15) is 4.79 Å². The maximum atomic E-state index is 11.8. The summed E-state index contributed by atoms with van der Waals surface area (Å²) in [5.74, 6) is 1.15. The standard InChI is InChI=1S/C14H16O2/c1-2-16-14(15)13-11-8-7-9-5-3-4-6-10(9)12(11)13/h3-6,11-13H,2,7-8H2,1H3/t11-,12-,13-/m0/s1. The van der Waals surface area contributed by atoms with E-state index in [4.69, 9.17) is 4.74 Å². The van der Waals surface area contributed by atoms with Crippen LogP contribution in [0.15, 0.2) is 24.3 Å². The second-order valence-electron chi connectivity index (χ2n) is 4.70. The Morgan fingerprint density at radius 2 is 2.25 bits per heavy atom. The fourth-order valence-electron chi connectivity index (χ4n) is 3.13. The summed E-state index contributed by atoms with van der Waals surface area (Å²) in [6, 6.07) is 8.51. The maximum Gasteiger partial charge on any atom is 0.309 e. The van der Waals surface area contributed by atoms with Crippen molar-refractivity contribution < 1.29 is 9.53 Å². The van der Waals surface area contributed by atoms with E-state index in [0.29, 0.717) is 18.4 Å². The molecule has 1 fully saturated rings. The molecule has 16 heavy (non-hydrogen) atoms. The molecule has 0 amide bonds. The zero-order valence-corrected chi connectivity index (χ0v) is 9.48. The number of ether oxygens (including phenoxy) is 1. The van der Waals surface area contributed by atoms with Gasteiger partial charge in [-0.25, -0.2) is 0 Å². The third kappa shape index (κ3) is 1.36. The van der Waals surface area contributed by atoms with Crippen LogP contribution in [0.25, 0.3) is 0 Å². The molecule has 0 bridgehead atoms. The SMILES string of the molecule is CCOC(=O)[C@H]1[C@H]2CCc3ccccc3[C@@H]21. The first-order valence-electron chi connectivity index (χ1n) is 6.07. The second-order valence-corrected chi connectivity index (χ2v) is 4.70. The van der Waals surface area contributed by atoms with Gasteiger partial charge in [-0.15, -0.1) is 0 Å². The van der Waals surface area contributed by atoms with E-state index in [0.717, 1.165) is 12.8 Å². The lowest BCUT2D eigenvalue weighted by atomic mass is 9.92. The van der Waals surface area contributed by atoms with Gasteiger partial charge < -0.3 is 4.74 Å². The summed E-state index contributed by atoms with van der Waals surface area (Å²) >= 11 is 0. The summed E-state index contributed by atoms with van der Waals surface area (Å²) in [6.07, 6.45) is 2.26. The molecule has 0 aliphatic heterocycles. The highest BCUT2D eigenvalue weighted by Crippen LogP contribution is 2.60. The molecule has 1 saturated carbocycles. The molecule has 2 nitrogen and oxygen atoms in total. The highest BCUT2D eigenvalue weighted by Gasteiger charge is 2.57. The van der Waals surface area contributed by atoms with Crippen molar-refractivity contribution in [3.63, 3.8) is 0 Å². The van der Waals surface area contributed by atoms with Gasteiger partial charge in [0, 0.05) is 5.92 Å². The number of fused-ring (bicyclic) bond motifs is 3. The average Bonchev–Trinajstić information content (AvgIpc) is 3.04. The minimum absolute atomic E-state index is 0.00852. The first kappa shape index (κ1) is 9.88. The zero-order valence-electron chi connectivity index (χ0n) is 9.48. The molecule has 0 aromatic heterocycles. The molecule has 1 aromatic rings. The third-order valence-corrected chi connectivity index (χ3v) is 3.89. The van der Waals surface area contributed by atoms with Gasteiger partial charge in [0.25, 0.3) is 0 Å². The monoisotopic (exact) mass is 216 g/mol. The Morgan fingerprint density at radius 1 is 1.44 bits per heavy atom. The quantitative estimate of drug-likeness (QED) is 0.710. The molecule has 0 saturated heterocycles. The number of esters is 1. The molecule has 0 heterocycles. The molecule has 0 radical (unpaired) electrons. The predicted octanol–water partition coefficient (Wildman–Crippen LogP) is 2.53. The number of aryl methyl sites for hydroxylation is 1. The fourth-order valence-corrected chi connectivity index (χ4v) is 3.13. The van der Waals surface area contributed by atoms with Gasteiger partial charge in [-0.3, -0.25) is 4.79 Å². The van der Waals surface area contributed by atoms with Gasteiger partial charge in [0.05, 0.1) is 12.5 Å². The van der Waals surface area contributed by atoms with Gasteiger partial charge >= 0.3 is 5.97 Å². The summed E-state index contributed by atoms with van der Waals surface area (Å²) in [5.41, 5.74) is 2.81. The molecule has 2 heteroatoms. The summed E-state index contributed by atoms with van der Waals surface area (Å²) < 4.78 is 5.13. The number of rotatable bonds is 2. The average molecular weight is 216 g/mol. The van der Waals surface area contributed by atoms with Gasteiger partial charge in [0.15, 0.2) is 0 Å². The van der Waals surface area contributed by atoms with Crippen molar-refractivity contribution in [1.82, 2.24) is 0 Å². The van der Waals surface area contributed by atoms with Crippen molar-refractivity contribution in [2.75, 3.05) is 6.61 Å². The van der Waals surface area contributed by atoms with Crippen LogP contribution in [0.4, 0.5) is 0 Å². The topological polar surface area (TPSA) is 26.3 Å². The van der Waals surface area contributed by atoms with Crippen LogP contribution in [0.3, 0.4) is 0 Å². The molecule has 0 spiro atoms. The van der Waals surface area contributed by atoms with Crippen LogP contribution >= 0.6 is 0 Å². The number of hydrogen-bond acceptors (Lipinski definition) is 2. The van der Waals surface area contributed by atoms with Crippen LogP contribution in [0, 0.1) is 11.8 Å². The lowest BCUT2D eigenvalue weighted by Gasteiger charge is -2.13. The Hall–Kier alpha value is -1.31. The molecule has 1 aromatic carbocycles. The molecule has 0 N–H and O–H groups in total. The summed E-state index contributed by atoms with van der Waals surface area (Å²) in [7, 11) is 0. The van der Waals surface area contributed by atoms with Crippen molar-refractivity contribution in [2.24, 2.45) is 11.8 Å². The Kier molecular flexibility index (Phi) is 2.23. The molecular formula is C14H16O2. The van der Waals surface area contributed by atoms with E-state index in [1.54, 1.807) is 0 Å². The number of carbonyl (C=O) groups excluding carboxylic acids is 1. The smallest absolute Gasteiger partial charge is 0.309 e. The fraction of sp³-hybridized carbons (Fsp3) is 0.500. The highest BCUT2D eigenvalue weighted by atomic mass is 16.5. The van der Waals surface area contributed by atoms with E-state index >= 15 is 0 Å². The lowest BCUT2D eigenvalue weighted by molar-refractivity contribution is -0.145. The molecule has 2 aliphatic carbocycles. The van der Waals surface area contributed by atoms with Crippen molar-refractivity contribution in [1.29, 1.82) is 0 Å². The molecule has 0 unspecified atom stereocenters. The summed E-state index contributed by atoms with van der Waals surface area (Å²) in [6.45, 7) is 2.37. The Labute approximate surface area is 95.6 Å². The maximum absolute atomic E-state index is 11.8. The molecule has 3 atom stereocenters. The van der Waals surface area contributed by atoms with Crippen molar-refractivity contribution in [2.45, 2.75) is 25.7 Å². The Balaban J connectivity index is 1.85. The van der Waals surface area contributed by atoms with Crippen LogP contribution in [-0.4, -0.2) is 12.6 Å². The van der Waals surface area contributed by atoms with Gasteiger partial charge in [-0.05, 0) is 36.8 Å². The van der Waals surface area contributed by atoms with E-state index in [2.05, 4.69) is 24.3 Å². The van der Waals surface area contributed by atoms with Crippen molar-refractivity contribution in [3.8, 4) is 0 Å². The number of benzene rings is 1. The Morgan fingerprint density at radius 3 is 3.06 bits per heavy atom. The van der Waals surface area contributed by atoms with Crippen LogP contribution in [0.5, 0.6) is 0 Å². The lowest BCUT2D eigenvalue weighted by Crippen LogP contribution is -2.08. The van der Waals surface area contributed by atoms with Crippen LogP contribution in [-0.2, 0) is 16.0 Å². The van der Waals surface area contributed by atoms with Crippen LogP contribution in [0.1, 0.15) is 30.4 Å². The molecular weight excluding hydrogens is 200 g/mol. The predicted molar refractivity (Wildman–Crippen MR) is 61.1 cm³/mol. The minimum atomic E-state index is 0.00852. The summed E-state index contributed by atoms with van der Waals surface area (Å²) in [4.78, 5) is 11.8. The van der Waals surface area contributed by atoms with Crippen LogP contribution < -0.4 is 0 Å². The molecule has 84 valence electrons. The molecule has 3 rings (SSSR count). The normalized spacial score (nSPS) is 30.2. The van der Waals surface area contributed by atoms with Gasteiger partial charge in [-0.2, -0.15) is 0 Å². The van der Waals surface area contributed by atoms with Crippen LogP contribution in [0.2, 0.25) is 0 Å². The number of carbonyl (C=O) groups is 1. The molecule has 2 aliphatic rings. The Bertz CT molecular complexity index is 424. The first-order valence-corrected chi connectivity index (χ1v) is 6.07. The van der Waals surface area contributed by atoms with Gasteiger partial charge in [-0.1, -0.05) is 24.3 Å².